The van der Waals surface area contributed by atoms with Gasteiger partial charge in [-0.05, 0) is 18.2 Å². The van der Waals surface area contributed by atoms with Gasteiger partial charge in [0, 0.05) is 12.8 Å². The van der Waals surface area contributed by atoms with Crippen molar-refractivity contribution >= 4 is 23.2 Å². The molecule has 0 radical (unpaired) electrons. The lowest BCUT2D eigenvalue weighted by Crippen LogP contribution is -2.22. The topological polar surface area (TPSA) is 103 Å². The van der Waals surface area contributed by atoms with Crippen LogP contribution in [0.5, 0.6) is 5.75 Å². The van der Waals surface area contributed by atoms with Crippen molar-refractivity contribution in [3.05, 3.63) is 18.2 Å². The SMILES string of the molecule is COCC(=O)Nc1ccc(OC)c(NC(=O)CN)c1. The van der Waals surface area contributed by atoms with E-state index in [2.05, 4.69) is 10.6 Å². The van der Waals surface area contributed by atoms with Gasteiger partial charge in [-0.25, -0.2) is 0 Å². The number of benzene rings is 1. The van der Waals surface area contributed by atoms with Crippen LogP contribution < -0.4 is 21.1 Å². The molecule has 2 amide bonds. The summed E-state index contributed by atoms with van der Waals surface area (Å²) in [6.45, 7) is -0.181. The molecule has 4 N–H and O–H groups in total. The van der Waals surface area contributed by atoms with E-state index < -0.39 is 0 Å². The third kappa shape index (κ3) is 4.57. The molecule has 19 heavy (non-hydrogen) atoms. The van der Waals surface area contributed by atoms with Gasteiger partial charge >= 0.3 is 0 Å². The Morgan fingerprint density at radius 3 is 2.53 bits per heavy atom. The van der Waals surface area contributed by atoms with Gasteiger partial charge in [-0.1, -0.05) is 0 Å². The van der Waals surface area contributed by atoms with Crippen LogP contribution >= 0.6 is 0 Å². The first kappa shape index (κ1) is 14.9. The molecule has 0 unspecified atom stereocenters. The maximum absolute atomic E-state index is 11.4. The Morgan fingerprint density at radius 2 is 1.95 bits per heavy atom. The first-order valence-corrected chi connectivity index (χ1v) is 5.57. The molecule has 0 saturated carbocycles. The normalized spacial score (nSPS) is 9.84. The fourth-order valence-electron chi connectivity index (χ4n) is 1.41. The van der Waals surface area contributed by atoms with Crippen LogP contribution in [-0.4, -0.2) is 39.2 Å². The van der Waals surface area contributed by atoms with Gasteiger partial charge in [-0.15, -0.1) is 0 Å². The first-order chi connectivity index (χ1) is 9.10. The highest BCUT2D eigenvalue weighted by atomic mass is 16.5. The van der Waals surface area contributed by atoms with Crippen molar-refractivity contribution in [1.29, 1.82) is 0 Å². The molecule has 0 spiro atoms. The van der Waals surface area contributed by atoms with Gasteiger partial charge in [0.25, 0.3) is 0 Å². The van der Waals surface area contributed by atoms with Gasteiger partial charge in [0.1, 0.15) is 12.4 Å². The van der Waals surface area contributed by atoms with Crippen LogP contribution in [0, 0.1) is 0 Å². The van der Waals surface area contributed by atoms with Crippen molar-refractivity contribution in [3.8, 4) is 5.75 Å². The summed E-state index contributed by atoms with van der Waals surface area (Å²) in [6.07, 6.45) is 0. The van der Waals surface area contributed by atoms with E-state index in [1.165, 1.54) is 14.2 Å². The average molecular weight is 267 g/mol. The van der Waals surface area contributed by atoms with Crippen LogP contribution in [0.4, 0.5) is 11.4 Å². The smallest absolute Gasteiger partial charge is 0.250 e. The molecule has 0 fully saturated rings. The Kier molecular flexibility index (Phi) is 5.77. The Bertz CT molecular complexity index is 462. The quantitative estimate of drug-likeness (QED) is 0.682. The highest BCUT2D eigenvalue weighted by molar-refractivity contribution is 5.96. The van der Waals surface area contributed by atoms with Gasteiger partial charge in [0.05, 0.1) is 19.3 Å². The molecule has 0 heterocycles. The zero-order chi connectivity index (χ0) is 14.3. The number of hydrogen-bond donors (Lipinski definition) is 3. The number of methoxy groups -OCH3 is 2. The van der Waals surface area contributed by atoms with Crippen LogP contribution in [0.15, 0.2) is 18.2 Å². The molecule has 1 aromatic rings. The number of amides is 2. The van der Waals surface area contributed by atoms with Crippen LogP contribution in [-0.2, 0) is 14.3 Å². The largest absolute Gasteiger partial charge is 0.495 e. The fraction of sp³-hybridized carbons (Fsp3) is 0.333. The van der Waals surface area contributed by atoms with E-state index in [0.29, 0.717) is 17.1 Å². The lowest BCUT2D eigenvalue weighted by atomic mass is 10.2. The minimum Gasteiger partial charge on any atom is -0.495 e. The van der Waals surface area contributed by atoms with E-state index in [1.807, 2.05) is 0 Å². The highest BCUT2D eigenvalue weighted by Crippen LogP contribution is 2.27. The number of ether oxygens (including phenoxy) is 2. The second-order valence-corrected chi connectivity index (χ2v) is 3.65. The van der Waals surface area contributed by atoms with E-state index in [4.69, 9.17) is 15.2 Å². The molecular weight excluding hydrogens is 250 g/mol. The Labute approximate surface area is 111 Å². The minimum absolute atomic E-state index is 0.0451. The van der Waals surface area contributed by atoms with E-state index in [1.54, 1.807) is 18.2 Å². The summed E-state index contributed by atoms with van der Waals surface area (Å²) in [5, 5.41) is 5.21. The van der Waals surface area contributed by atoms with Crippen molar-refractivity contribution in [2.24, 2.45) is 5.73 Å². The number of nitrogens with two attached hydrogens (primary N) is 1. The van der Waals surface area contributed by atoms with E-state index in [-0.39, 0.29) is 25.0 Å². The summed E-state index contributed by atoms with van der Waals surface area (Å²) in [5.74, 6) is -0.158. The molecular formula is C12H17N3O4. The Balaban J connectivity index is 2.88. The van der Waals surface area contributed by atoms with Gasteiger partial charge in [0.15, 0.2) is 0 Å². The van der Waals surface area contributed by atoms with Crippen LogP contribution in [0.2, 0.25) is 0 Å². The van der Waals surface area contributed by atoms with Crippen molar-refractivity contribution in [3.63, 3.8) is 0 Å². The van der Waals surface area contributed by atoms with Crippen molar-refractivity contribution in [1.82, 2.24) is 0 Å². The molecule has 1 rings (SSSR count). The van der Waals surface area contributed by atoms with Crippen LogP contribution in [0.25, 0.3) is 0 Å². The maximum atomic E-state index is 11.4. The molecule has 0 aliphatic heterocycles. The van der Waals surface area contributed by atoms with E-state index in [0.717, 1.165) is 0 Å². The maximum Gasteiger partial charge on any atom is 0.250 e. The first-order valence-electron chi connectivity index (χ1n) is 5.57. The Hall–Kier alpha value is -2.12. The molecule has 7 nitrogen and oxygen atoms in total. The van der Waals surface area contributed by atoms with Crippen molar-refractivity contribution in [2.45, 2.75) is 0 Å². The number of carbonyl (C=O) groups excluding carboxylic acids is 2. The summed E-state index contributed by atoms with van der Waals surface area (Å²) in [4.78, 5) is 22.7. The Morgan fingerprint density at radius 1 is 1.21 bits per heavy atom. The molecule has 7 heteroatoms. The molecule has 0 atom stereocenters. The van der Waals surface area contributed by atoms with Crippen LogP contribution in [0.1, 0.15) is 0 Å². The van der Waals surface area contributed by atoms with Gasteiger partial charge in [-0.3, -0.25) is 9.59 Å². The zero-order valence-electron chi connectivity index (χ0n) is 10.9. The third-order valence-electron chi connectivity index (χ3n) is 2.22. The summed E-state index contributed by atoms with van der Waals surface area (Å²) < 4.78 is 9.82. The molecule has 0 aliphatic rings. The molecule has 1 aromatic carbocycles. The van der Waals surface area contributed by atoms with Gasteiger partial charge in [-0.2, -0.15) is 0 Å². The summed E-state index contributed by atoms with van der Waals surface area (Å²) in [5.41, 5.74) is 6.19. The summed E-state index contributed by atoms with van der Waals surface area (Å²) in [7, 11) is 2.91. The van der Waals surface area contributed by atoms with E-state index >= 15 is 0 Å². The zero-order valence-corrected chi connectivity index (χ0v) is 10.9. The standard InChI is InChI=1S/C12H17N3O4/c1-18-7-12(17)14-8-3-4-10(19-2)9(5-8)15-11(16)6-13/h3-5H,6-7,13H2,1-2H3,(H,14,17)(H,15,16). The second-order valence-electron chi connectivity index (χ2n) is 3.65. The second kappa shape index (κ2) is 7.34. The number of rotatable bonds is 6. The number of anilines is 2. The summed E-state index contributed by atoms with van der Waals surface area (Å²) >= 11 is 0. The number of carbonyl (C=O) groups is 2. The highest BCUT2D eigenvalue weighted by Gasteiger charge is 2.09. The third-order valence-corrected chi connectivity index (χ3v) is 2.22. The van der Waals surface area contributed by atoms with Crippen LogP contribution in [0.3, 0.4) is 0 Å². The predicted molar refractivity (Wildman–Crippen MR) is 71.2 cm³/mol. The van der Waals surface area contributed by atoms with Gasteiger partial charge in [0.2, 0.25) is 11.8 Å². The average Bonchev–Trinajstić information content (AvgIpc) is 2.39. The van der Waals surface area contributed by atoms with Crippen molar-refractivity contribution in [2.75, 3.05) is 38.0 Å². The fourth-order valence-corrected chi connectivity index (χ4v) is 1.41. The predicted octanol–water partition coefficient (Wildman–Crippen LogP) is 0.177. The lowest BCUT2D eigenvalue weighted by Gasteiger charge is -2.12. The minimum atomic E-state index is -0.348. The van der Waals surface area contributed by atoms with Gasteiger partial charge < -0.3 is 25.8 Å². The molecule has 0 saturated heterocycles. The number of hydrogen-bond acceptors (Lipinski definition) is 5. The summed E-state index contributed by atoms with van der Waals surface area (Å²) in [6, 6.07) is 4.87. The monoisotopic (exact) mass is 267 g/mol. The van der Waals surface area contributed by atoms with Crippen molar-refractivity contribution < 1.29 is 19.1 Å². The molecule has 0 aromatic heterocycles. The lowest BCUT2D eigenvalue weighted by molar-refractivity contribution is -0.119. The molecule has 104 valence electrons. The number of nitrogens with one attached hydrogen (secondary N) is 2. The molecule has 0 aliphatic carbocycles. The van der Waals surface area contributed by atoms with E-state index in [9.17, 15) is 9.59 Å². The molecule has 0 bridgehead atoms.